The molecule has 8 nitrogen and oxygen atoms in total. The van der Waals surface area contributed by atoms with Crippen LogP contribution in [0.5, 0.6) is 5.75 Å². The third-order valence-corrected chi connectivity index (χ3v) is 6.61. The number of piperazine rings is 1. The van der Waals surface area contributed by atoms with E-state index >= 15 is 0 Å². The number of nitrogens with one attached hydrogen (secondary N) is 2. The standard InChI is InChI=1S/C20H26N4O4S/c1-16(22-29(26,27)19-5-3-18(28-2)4-6-19)20(25)24-13-11-23(12-14-24)15-17-7-9-21-10-8-17/h3-10,16,22H,11-15H2,1-2H3/p+1/t16-/m0/s1. The summed E-state index contributed by atoms with van der Waals surface area (Å²) in [7, 11) is -2.27. The first-order valence-corrected chi connectivity index (χ1v) is 11.0. The molecule has 0 bridgehead atoms. The molecule has 2 heterocycles. The molecule has 1 fully saturated rings. The van der Waals surface area contributed by atoms with Crippen molar-refractivity contribution in [2.45, 2.75) is 24.4 Å². The number of sulfonamides is 1. The van der Waals surface area contributed by atoms with Crippen LogP contribution in [0, 0.1) is 0 Å². The van der Waals surface area contributed by atoms with Gasteiger partial charge in [0.1, 0.15) is 12.3 Å². The van der Waals surface area contributed by atoms with Gasteiger partial charge in [0.2, 0.25) is 15.9 Å². The zero-order valence-electron chi connectivity index (χ0n) is 16.7. The maximum Gasteiger partial charge on any atom is 0.241 e. The van der Waals surface area contributed by atoms with E-state index in [1.54, 1.807) is 36.4 Å². The average Bonchev–Trinajstić information content (AvgIpc) is 2.74. The molecule has 0 radical (unpaired) electrons. The largest absolute Gasteiger partial charge is 0.497 e. The Bertz CT molecular complexity index is 911. The number of hydrogen-bond donors (Lipinski definition) is 2. The molecule has 2 N–H and O–H groups in total. The van der Waals surface area contributed by atoms with Crippen molar-refractivity contribution < 1.29 is 22.8 Å². The van der Waals surface area contributed by atoms with Gasteiger partial charge in [0, 0.05) is 18.0 Å². The quantitative estimate of drug-likeness (QED) is 0.642. The molecule has 29 heavy (non-hydrogen) atoms. The number of hydrogen-bond acceptors (Lipinski definition) is 5. The van der Waals surface area contributed by atoms with Crippen molar-refractivity contribution in [2.24, 2.45) is 0 Å². The summed E-state index contributed by atoms with van der Waals surface area (Å²) in [4.78, 5) is 20.0. The third-order valence-electron chi connectivity index (χ3n) is 5.06. The van der Waals surface area contributed by atoms with Gasteiger partial charge in [-0.25, -0.2) is 8.42 Å². The summed E-state index contributed by atoms with van der Waals surface area (Å²) in [6, 6.07) is 9.24. The number of carbonyl (C=O) groups is 1. The normalized spacial score (nSPS) is 16.4. The molecular formula is C20H27N4O4S+. The first-order chi connectivity index (χ1) is 13.9. The number of methoxy groups -OCH3 is 1. The smallest absolute Gasteiger partial charge is 0.241 e. The van der Waals surface area contributed by atoms with Gasteiger partial charge < -0.3 is 14.5 Å². The van der Waals surface area contributed by atoms with E-state index in [4.69, 9.17) is 4.74 Å². The minimum absolute atomic E-state index is 0.101. The number of benzene rings is 1. The molecule has 1 amide bonds. The van der Waals surface area contributed by atoms with E-state index in [0.29, 0.717) is 18.8 Å². The summed E-state index contributed by atoms with van der Waals surface area (Å²) < 4.78 is 32.6. The second-order valence-corrected chi connectivity index (χ2v) is 8.84. The summed E-state index contributed by atoms with van der Waals surface area (Å²) >= 11 is 0. The first-order valence-electron chi connectivity index (χ1n) is 9.56. The van der Waals surface area contributed by atoms with Crippen LogP contribution in [0.15, 0.2) is 53.7 Å². The molecule has 1 aliphatic rings. The van der Waals surface area contributed by atoms with Gasteiger partial charge in [0.05, 0.1) is 44.2 Å². The van der Waals surface area contributed by atoms with Crippen LogP contribution in [0.3, 0.4) is 0 Å². The van der Waals surface area contributed by atoms with Crippen LogP contribution >= 0.6 is 0 Å². The minimum atomic E-state index is -3.78. The van der Waals surface area contributed by atoms with Gasteiger partial charge in [-0.2, -0.15) is 4.72 Å². The third kappa shape index (κ3) is 5.53. The molecular weight excluding hydrogens is 392 g/mol. The van der Waals surface area contributed by atoms with Crippen molar-refractivity contribution >= 4 is 15.9 Å². The Morgan fingerprint density at radius 2 is 1.79 bits per heavy atom. The highest BCUT2D eigenvalue weighted by atomic mass is 32.2. The number of ether oxygens (including phenoxy) is 1. The van der Waals surface area contributed by atoms with Crippen LogP contribution in [0.2, 0.25) is 0 Å². The molecule has 9 heteroatoms. The molecule has 156 valence electrons. The molecule has 1 saturated heterocycles. The molecule has 0 unspecified atom stereocenters. The topological polar surface area (TPSA) is 93.0 Å². The van der Waals surface area contributed by atoms with E-state index < -0.39 is 16.1 Å². The SMILES string of the molecule is COc1ccc(S(=O)(=O)N[C@@H](C)C(=O)N2CC[NH+](Cc3ccncc3)CC2)cc1. The Hall–Kier alpha value is -2.49. The number of rotatable bonds is 7. The van der Waals surface area contributed by atoms with Gasteiger partial charge in [-0.15, -0.1) is 0 Å². The van der Waals surface area contributed by atoms with E-state index in [2.05, 4.69) is 9.71 Å². The molecule has 1 aromatic carbocycles. The molecule has 0 spiro atoms. The number of amides is 1. The predicted molar refractivity (Wildman–Crippen MR) is 108 cm³/mol. The minimum Gasteiger partial charge on any atom is -0.497 e. The Morgan fingerprint density at radius 1 is 1.17 bits per heavy atom. The predicted octanol–water partition coefficient (Wildman–Crippen LogP) is -0.316. The average molecular weight is 420 g/mol. The molecule has 2 aromatic rings. The Labute approximate surface area is 171 Å². The Kier molecular flexibility index (Phi) is 6.83. The van der Waals surface area contributed by atoms with Gasteiger partial charge in [-0.05, 0) is 43.3 Å². The van der Waals surface area contributed by atoms with Crippen molar-refractivity contribution in [1.29, 1.82) is 0 Å². The number of nitrogens with zero attached hydrogens (tertiary/aromatic N) is 2. The first kappa shape index (κ1) is 21.2. The van der Waals surface area contributed by atoms with E-state index in [9.17, 15) is 13.2 Å². The van der Waals surface area contributed by atoms with Crippen LogP contribution in [-0.4, -0.2) is 63.5 Å². The lowest BCUT2D eigenvalue weighted by Crippen LogP contribution is -3.13. The maximum atomic E-state index is 12.7. The van der Waals surface area contributed by atoms with E-state index in [0.717, 1.165) is 19.6 Å². The van der Waals surface area contributed by atoms with Crippen molar-refractivity contribution in [3.05, 3.63) is 54.4 Å². The zero-order valence-corrected chi connectivity index (χ0v) is 17.5. The van der Waals surface area contributed by atoms with E-state index in [1.165, 1.54) is 29.7 Å². The summed E-state index contributed by atoms with van der Waals surface area (Å²) in [6.07, 6.45) is 3.57. The van der Waals surface area contributed by atoms with Crippen LogP contribution in [0.1, 0.15) is 12.5 Å². The Balaban J connectivity index is 1.53. The summed E-state index contributed by atoms with van der Waals surface area (Å²) in [6.45, 7) is 5.34. The van der Waals surface area contributed by atoms with Crippen molar-refractivity contribution in [2.75, 3.05) is 33.3 Å². The zero-order chi connectivity index (χ0) is 20.9. The van der Waals surface area contributed by atoms with Crippen LogP contribution in [0.4, 0.5) is 0 Å². The van der Waals surface area contributed by atoms with Gasteiger partial charge in [-0.1, -0.05) is 0 Å². The molecule has 0 aliphatic carbocycles. The molecule has 1 aliphatic heterocycles. The van der Waals surface area contributed by atoms with Gasteiger partial charge in [0.25, 0.3) is 0 Å². The van der Waals surface area contributed by atoms with E-state index in [-0.39, 0.29) is 10.8 Å². The highest BCUT2D eigenvalue weighted by Gasteiger charge is 2.29. The van der Waals surface area contributed by atoms with Crippen LogP contribution in [0.25, 0.3) is 0 Å². The summed E-state index contributed by atoms with van der Waals surface area (Å²) in [5.74, 6) is 0.366. The number of carbonyl (C=O) groups excluding carboxylic acids is 1. The van der Waals surface area contributed by atoms with Crippen LogP contribution < -0.4 is 14.4 Å². The fraction of sp³-hybridized carbons (Fsp3) is 0.400. The second kappa shape index (κ2) is 9.34. The molecule has 1 atom stereocenters. The molecule has 3 rings (SSSR count). The number of pyridine rings is 1. The summed E-state index contributed by atoms with van der Waals surface area (Å²) in [5, 5.41) is 0. The number of aromatic nitrogens is 1. The van der Waals surface area contributed by atoms with Crippen molar-refractivity contribution in [1.82, 2.24) is 14.6 Å². The second-order valence-electron chi connectivity index (χ2n) is 7.13. The van der Waals surface area contributed by atoms with Gasteiger partial charge in [0.15, 0.2) is 0 Å². The van der Waals surface area contributed by atoms with Gasteiger partial charge >= 0.3 is 0 Å². The van der Waals surface area contributed by atoms with Crippen molar-refractivity contribution in [3.8, 4) is 5.75 Å². The summed E-state index contributed by atoms with van der Waals surface area (Å²) in [5.41, 5.74) is 1.22. The lowest BCUT2D eigenvalue weighted by molar-refractivity contribution is -0.917. The van der Waals surface area contributed by atoms with Crippen LogP contribution in [-0.2, 0) is 21.4 Å². The molecule has 1 aromatic heterocycles. The maximum absolute atomic E-state index is 12.7. The monoisotopic (exact) mass is 419 g/mol. The lowest BCUT2D eigenvalue weighted by atomic mass is 10.2. The molecule has 0 saturated carbocycles. The lowest BCUT2D eigenvalue weighted by Gasteiger charge is -2.33. The fourth-order valence-corrected chi connectivity index (χ4v) is 4.59. The van der Waals surface area contributed by atoms with Crippen molar-refractivity contribution in [3.63, 3.8) is 0 Å². The van der Waals surface area contributed by atoms with E-state index in [1.807, 2.05) is 12.1 Å². The highest BCUT2D eigenvalue weighted by Crippen LogP contribution is 2.16. The highest BCUT2D eigenvalue weighted by molar-refractivity contribution is 7.89. The number of quaternary nitrogens is 1. The fourth-order valence-electron chi connectivity index (χ4n) is 3.39. The van der Waals surface area contributed by atoms with Gasteiger partial charge in [-0.3, -0.25) is 9.78 Å². The Morgan fingerprint density at radius 3 is 2.38 bits per heavy atom.